The molecule has 118 valence electrons. The fourth-order valence-electron chi connectivity index (χ4n) is 4.46. The molecule has 0 amide bonds. The summed E-state index contributed by atoms with van der Waals surface area (Å²) in [6.45, 7) is 1.66. The van der Waals surface area contributed by atoms with Crippen LogP contribution in [0.5, 0.6) is 0 Å². The lowest BCUT2D eigenvalue weighted by Gasteiger charge is -2.45. The lowest BCUT2D eigenvalue weighted by molar-refractivity contribution is 0.0933. The molecule has 0 bridgehead atoms. The zero-order valence-electron chi connectivity index (χ0n) is 12.7. The summed E-state index contributed by atoms with van der Waals surface area (Å²) in [5.41, 5.74) is 4.94. The molecule has 1 fully saturated rings. The Morgan fingerprint density at radius 2 is 2.04 bits per heavy atom. The number of fused-ring (bicyclic) bond motifs is 2. The van der Waals surface area contributed by atoms with E-state index >= 15 is 0 Å². The minimum atomic E-state index is -0.531. The summed E-state index contributed by atoms with van der Waals surface area (Å²) < 4.78 is 0. The van der Waals surface area contributed by atoms with Gasteiger partial charge in [-0.1, -0.05) is 24.3 Å². The van der Waals surface area contributed by atoms with Gasteiger partial charge in [-0.2, -0.15) is 0 Å². The molecule has 4 aliphatic rings. The van der Waals surface area contributed by atoms with E-state index in [1.807, 2.05) is 18.3 Å². The van der Waals surface area contributed by atoms with Gasteiger partial charge in [0.05, 0.1) is 17.8 Å². The number of hydrogen-bond donors (Lipinski definition) is 4. The highest BCUT2D eigenvalue weighted by Gasteiger charge is 2.48. The van der Waals surface area contributed by atoms with Crippen molar-refractivity contribution in [3.8, 4) is 0 Å². The summed E-state index contributed by atoms with van der Waals surface area (Å²) in [4.78, 5) is 16.2. The average molecular weight is 309 g/mol. The molecule has 0 saturated carbocycles. The van der Waals surface area contributed by atoms with Gasteiger partial charge in [0.1, 0.15) is 0 Å². The number of ketones is 1. The zero-order chi connectivity index (χ0) is 15.6. The first-order chi connectivity index (χ1) is 11.2. The first-order valence-corrected chi connectivity index (χ1v) is 8.23. The Bertz CT molecular complexity index is 785. The SMILES string of the molecule is O=C1c2[nH]cc3c2C(=C2[C@H]1NCCC21C=CC(O)C=C1)NCC3. The molecule has 0 unspecified atom stereocenters. The molecule has 5 rings (SSSR count). The Morgan fingerprint density at radius 3 is 2.87 bits per heavy atom. The van der Waals surface area contributed by atoms with Crippen LogP contribution in [0.4, 0.5) is 0 Å². The van der Waals surface area contributed by atoms with E-state index in [2.05, 4.69) is 27.8 Å². The van der Waals surface area contributed by atoms with Crippen LogP contribution >= 0.6 is 0 Å². The van der Waals surface area contributed by atoms with Gasteiger partial charge in [0.2, 0.25) is 5.78 Å². The van der Waals surface area contributed by atoms with E-state index in [0.29, 0.717) is 0 Å². The zero-order valence-corrected chi connectivity index (χ0v) is 12.7. The van der Waals surface area contributed by atoms with Crippen LogP contribution < -0.4 is 10.6 Å². The van der Waals surface area contributed by atoms with Gasteiger partial charge in [0.25, 0.3) is 0 Å². The Kier molecular flexibility index (Phi) is 2.59. The first-order valence-electron chi connectivity index (χ1n) is 8.23. The maximum Gasteiger partial charge on any atom is 0.200 e. The Balaban J connectivity index is 1.79. The molecule has 2 aliphatic carbocycles. The molecule has 0 radical (unpaired) electrons. The van der Waals surface area contributed by atoms with Crippen LogP contribution in [0.3, 0.4) is 0 Å². The number of H-pyrrole nitrogens is 1. The number of carbonyl (C=O) groups is 1. The fraction of sp³-hybridized carbons (Fsp3) is 0.389. The van der Waals surface area contributed by atoms with Gasteiger partial charge in [-0.25, -0.2) is 0 Å². The van der Waals surface area contributed by atoms with Crippen LogP contribution in [0.2, 0.25) is 0 Å². The van der Waals surface area contributed by atoms with E-state index in [0.717, 1.165) is 48.5 Å². The van der Waals surface area contributed by atoms with Gasteiger partial charge in [-0.15, -0.1) is 0 Å². The highest BCUT2D eigenvalue weighted by molar-refractivity contribution is 6.10. The number of aliphatic hydroxyl groups is 1. The third-order valence-electron chi connectivity index (χ3n) is 5.54. The number of rotatable bonds is 0. The van der Waals surface area contributed by atoms with Crippen LogP contribution in [0.25, 0.3) is 5.70 Å². The Hall–Kier alpha value is -2.11. The average Bonchev–Trinajstić information content (AvgIpc) is 3.01. The lowest BCUT2D eigenvalue weighted by Crippen LogP contribution is -2.53. The minimum absolute atomic E-state index is 0.126. The molecule has 23 heavy (non-hydrogen) atoms. The van der Waals surface area contributed by atoms with Gasteiger partial charge in [0.15, 0.2) is 0 Å². The summed E-state index contributed by atoms with van der Waals surface area (Å²) in [5, 5.41) is 16.7. The molecule has 5 heteroatoms. The highest BCUT2D eigenvalue weighted by Crippen LogP contribution is 2.48. The molecule has 1 aromatic heterocycles. The number of aromatic nitrogens is 1. The second-order valence-electron chi connectivity index (χ2n) is 6.78. The number of aromatic amines is 1. The standard InChI is InChI=1S/C18H19N3O2/c22-11-1-4-18(5-2-11)6-8-20-16-13(18)14-12-10(3-7-19-14)9-21-15(12)17(16)23/h1-2,4-5,9,11,16,19-22H,3,6-8H2/t11?,16-,18?/m1/s1. The van der Waals surface area contributed by atoms with Crippen molar-refractivity contribution in [2.45, 2.75) is 25.0 Å². The molecule has 4 N–H and O–H groups in total. The smallest absolute Gasteiger partial charge is 0.200 e. The summed E-state index contributed by atoms with van der Waals surface area (Å²) >= 11 is 0. The number of Topliss-reactive ketones (excluding diaryl/α,β-unsaturated/α-hetero) is 1. The van der Waals surface area contributed by atoms with Crippen molar-refractivity contribution in [2.24, 2.45) is 5.41 Å². The summed E-state index contributed by atoms with van der Waals surface area (Å²) in [6, 6.07) is -0.298. The van der Waals surface area contributed by atoms with Crippen LogP contribution in [0.1, 0.15) is 28.0 Å². The molecular formula is C18H19N3O2. The van der Waals surface area contributed by atoms with Crippen molar-refractivity contribution in [1.29, 1.82) is 0 Å². The van der Waals surface area contributed by atoms with Crippen LogP contribution in [-0.4, -0.2) is 41.1 Å². The predicted octanol–water partition coefficient (Wildman–Crippen LogP) is 0.903. The molecule has 1 spiro atoms. The third kappa shape index (κ3) is 1.66. The van der Waals surface area contributed by atoms with Crippen molar-refractivity contribution in [1.82, 2.24) is 15.6 Å². The highest BCUT2D eigenvalue weighted by atomic mass is 16.3. The quantitative estimate of drug-likeness (QED) is 0.537. The first kappa shape index (κ1) is 13.3. The monoisotopic (exact) mass is 309 g/mol. The number of piperidine rings is 1. The molecular weight excluding hydrogens is 290 g/mol. The molecule has 3 heterocycles. The maximum atomic E-state index is 13.0. The van der Waals surface area contributed by atoms with E-state index in [1.54, 1.807) is 0 Å². The largest absolute Gasteiger partial charge is 0.385 e. The second-order valence-corrected chi connectivity index (χ2v) is 6.78. The molecule has 0 aromatic carbocycles. The lowest BCUT2D eigenvalue weighted by atomic mass is 9.65. The molecule has 2 aliphatic heterocycles. The number of carbonyl (C=O) groups excluding carboxylic acids is 1. The van der Waals surface area contributed by atoms with Gasteiger partial charge < -0.3 is 20.7 Å². The van der Waals surface area contributed by atoms with Gasteiger partial charge in [-0.05, 0) is 30.5 Å². The van der Waals surface area contributed by atoms with E-state index in [1.165, 1.54) is 5.56 Å². The topological polar surface area (TPSA) is 77.2 Å². The van der Waals surface area contributed by atoms with Crippen molar-refractivity contribution in [3.63, 3.8) is 0 Å². The van der Waals surface area contributed by atoms with Crippen LogP contribution in [0.15, 0.2) is 36.1 Å². The van der Waals surface area contributed by atoms with Crippen molar-refractivity contribution < 1.29 is 9.90 Å². The van der Waals surface area contributed by atoms with Crippen molar-refractivity contribution >= 4 is 11.5 Å². The molecule has 1 aromatic rings. The van der Waals surface area contributed by atoms with Crippen molar-refractivity contribution in [2.75, 3.05) is 13.1 Å². The molecule has 1 saturated heterocycles. The van der Waals surface area contributed by atoms with Gasteiger partial charge in [-0.3, -0.25) is 4.79 Å². The Morgan fingerprint density at radius 1 is 1.22 bits per heavy atom. The second kappa shape index (κ2) is 4.46. The number of hydrogen-bond acceptors (Lipinski definition) is 4. The summed E-state index contributed by atoms with van der Waals surface area (Å²) in [6.07, 6.45) is 11.1. The maximum absolute atomic E-state index is 13.0. The van der Waals surface area contributed by atoms with E-state index in [9.17, 15) is 9.90 Å². The molecule has 5 nitrogen and oxygen atoms in total. The van der Waals surface area contributed by atoms with E-state index < -0.39 is 6.10 Å². The normalized spacial score (nSPS) is 34.4. The van der Waals surface area contributed by atoms with E-state index in [4.69, 9.17) is 0 Å². The number of nitrogens with one attached hydrogen (secondary N) is 3. The third-order valence-corrected chi connectivity index (χ3v) is 5.54. The number of allylic oxidation sites excluding steroid dienone is 2. The fourth-order valence-corrected chi connectivity index (χ4v) is 4.46. The summed E-state index contributed by atoms with van der Waals surface area (Å²) in [7, 11) is 0. The van der Waals surface area contributed by atoms with Crippen molar-refractivity contribution in [3.05, 3.63) is 52.9 Å². The van der Waals surface area contributed by atoms with E-state index in [-0.39, 0.29) is 17.2 Å². The van der Waals surface area contributed by atoms with Gasteiger partial charge >= 0.3 is 0 Å². The Labute approximate surface area is 134 Å². The van der Waals surface area contributed by atoms with Crippen LogP contribution in [-0.2, 0) is 6.42 Å². The van der Waals surface area contributed by atoms with Gasteiger partial charge in [0, 0.05) is 29.4 Å². The summed E-state index contributed by atoms with van der Waals surface area (Å²) in [5.74, 6) is 0.126. The molecule has 1 atom stereocenters. The minimum Gasteiger partial charge on any atom is -0.385 e. The predicted molar refractivity (Wildman–Crippen MR) is 86.9 cm³/mol. The van der Waals surface area contributed by atoms with Crippen LogP contribution in [0, 0.1) is 5.41 Å². The number of aliphatic hydroxyl groups excluding tert-OH is 1.